The molecule has 5 rings (SSSR count). The zero-order valence-corrected chi connectivity index (χ0v) is 19.5. The highest BCUT2D eigenvalue weighted by molar-refractivity contribution is 7.93. The van der Waals surface area contributed by atoms with Crippen molar-refractivity contribution in [1.82, 2.24) is 29.8 Å². The van der Waals surface area contributed by atoms with Crippen LogP contribution in [0.1, 0.15) is 53.6 Å². The molecule has 1 unspecified atom stereocenters. The highest BCUT2D eigenvalue weighted by Crippen LogP contribution is 2.33. The van der Waals surface area contributed by atoms with Crippen molar-refractivity contribution in [3.05, 3.63) is 60.1 Å². The molecule has 1 aliphatic heterocycles. The molecule has 0 spiro atoms. The van der Waals surface area contributed by atoms with Crippen LogP contribution in [0.25, 0.3) is 11.3 Å². The van der Waals surface area contributed by atoms with Gasteiger partial charge in [0, 0.05) is 24.5 Å². The molecule has 3 aromatic heterocycles. The number of alkyl halides is 3. The summed E-state index contributed by atoms with van der Waals surface area (Å²) in [6.07, 6.45) is 2.45. The number of pyridine rings is 1. The second-order valence-electron chi connectivity index (χ2n) is 8.53. The lowest BCUT2D eigenvalue weighted by atomic mass is 10.1. The van der Waals surface area contributed by atoms with Crippen LogP contribution in [0, 0.1) is 0 Å². The van der Waals surface area contributed by atoms with Crippen molar-refractivity contribution in [2.75, 3.05) is 11.3 Å². The number of aromatic nitrogens is 5. The van der Waals surface area contributed by atoms with Crippen LogP contribution in [0.2, 0.25) is 0 Å². The molecule has 14 heteroatoms. The molecule has 1 saturated carbocycles. The molecular weight excluding hydrogens is 499 g/mol. The fourth-order valence-corrected chi connectivity index (χ4v) is 5.25. The van der Waals surface area contributed by atoms with Crippen molar-refractivity contribution in [2.24, 2.45) is 0 Å². The first-order chi connectivity index (χ1) is 17.1. The van der Waals surface area contributed by atoms with Gasteiger partial charge in [-0.3, -0.25) is 19.5 Å². The van der Waals surface area contributed by atoms with E-state index in [4.69, 9.17) is 0 Å². The maximum atomic E-state index is 13.2. The summed E-state index contributed by atoms with van der Waals surface area (Å²) in [5.41, 5.74) is -0.248. The zero-order chi connectivity index (χ0) is 25.5. The van der Waals surface area contributed by atoms with Crippen molar-refractivity contribution in [2.45, 2.75) is 43.2 Å². The Balaban J connectivity index is 1.33. The molecule has 36 heavy (non-hydrogen) atoms. The third kappa shape index (κ3) is 4.98. The number of hydrogen-bond acceptors (Lipinski definition) is 8. The summed E-state index contributed by atoms with van der Waals surface area (Å²) in [6, 6.07) is 4.11. The van der Waals surface area contributed by atoms with E-state index in [1.165, 1.54) is 30.7 Å². The Bertz CT molecular complexity index is 1400. The Morgan fingerprint density at radius 1 is 1.03 bits per heavy atom. The van der Waals surface area contributed by atoms with Gasteiger partial charge >= 0.3 is 6.18 Å². The number of sulfonamides is 1. The van der Waals surface area contributed by atoms with E-state index in [0.717, 1.165) is 0 Å². The number of nitrogens with zero attached hydrogens (tertiary/aromatic N) is 6. The van der Waals surface area contributed by atoms with E-state index in [9.17, 15) is 26.4 Å². The highest BCUT2D eigenvalue weighted by atomic mass is 32.2. The predicted molar refractivity (Wildman–Crippen MR) is 121 cm³/mol. The van der Waals surface area contributed by atoms with Crippen LogP contribution >= 0.6 is 0 Å². The number of nitrogens with one attached hydrogen (secondary N) is 1. The van der Waals surface area contributed by atoms with Crippen LogP contribution in [0.3, 0.4) is 0 Å². The summed E-state index contributed by atoms with van der Waals surface area (Å²) in [7, 11) is -3.53. The molecule has 0 radical (unpaired) electrons. The molecule has 0 bridgehead atoms. The van der Waals surface area contributed by atoms with Gasteiger partial charge in [-0.15, -0.1) is 0 Å². The smallest absolute Gasteiger partial charge is 0.329 e. The molecule has 2 fully saturated rings. The first kappa shape index (κ1) is 24.0. The lowest BCUT2D eigenvalue weighted by molar-refractivity contribution is -0.141. The number of rotatable bonds is 6. The molecule has 1 amide bonds. The molecule has 2 aliphatic rings. The first-order valence-electron chi connectivity index (χ1n) is 11.1. The van der Waals surface area contributed by atoms with Gasteiger partial charge in [-0.1, -0.05) is 0 Å². The molecule has 1 N–H and O–H groups in total. The second kappa shape index (κ2) is 9.08. The molecular formula is C22H20F3N7O3S. The van der Waals surface area contributed by atoms with Crippen molar-refractivity contribution in [1.29, 1.82) is 0 Å². The maximum Gasteiger partial charge on any atom is 0.434 e. The summed E-state index contributed by atoms with van der Waals surface area (Å²) in [5, 5.41) is -0.426. The first-order valence-corrected chi connectivity index (χ1v) is 12.7. The summed E-state index contributed by atoms with van der Waals surface area (Å²) in [4.78, 5) is 34.5. The monoisotopic (exact) mass is 519 g/mol. The van der Waals surface area contributed by atoms with E-state index in [0.29, 0.717) is 44.1 Å². The minimum Gasteiger partial charge on any atom is -0.329 e. The summed E-state index contributed by atoms with van der Waals surface area (Å²) in [5.74, 6) is -0.415. The molecule has 1 atom stereocenters. The van der Waals surface area contributed by atoms with Gasteiger partial charge in [-0.05, 0) is 43.9 Å². The van der Waals surface area contributed by atoms with Crippen LogP contribution in [-0.2, 0) is 16.2 Å². The van der Waals surface area contributed by atoms with Gasteiger partial charge in [-0.25, -0.2) is 23.4 Å². The number of carbonyl (C=O) groups excluding carboxylic acids is 1. The van der Waals surface area contributed by atoms with Crippen molar-refractivity contribution >= 4 is 21.9 Å². The summed E-state index contributed by atoms with van der Waals surface area (Å²) in [6.45, 7) is 0.444. The van der Waals surface area contributed by atoms with Gasteiger partial charge in [0.25, 0.3) is 5.91 Å². The second-order valence-corrected chi connectivity index (χ2v) is 10.5. The number of hydrogen-bond donors (Lipinski definition) is 1. The third-order valence-corrected chi connectivity index (χ3v) is 7.75. The van der Waals surface area contributed by atoms with E-state index in [1.54, 1.807) is 11.0 Å². The van der Waals surface area contributed by atoms with Crippen molar-refractivity contribution in [3.8, 4) is 11.3 Å². The number of amides is 1. The third-order valence-electron chi connectivity index (χ3n) is 5.93. The quantitative estimate of drug-likeness (QED) is 0.525. The van der Waals surface area contributed by atoms with E-state index in [-0.39, 0.29) is 28.8 Å². The molecule has 3 aromatic rings. The summed E-state index contributed by atoms with van der Waals surface area (Å²) < 4.78 is 65.7. The van der Waals surface area contributed by atoms with E-state index in [1.807, 2.05) is 0 Å². The zero-order valence-electron chi connectivity index (χ0n) is 18.7. The van der Waals surface area contributed by atoms with Crippen LogP contribution < -0.4 is 4.72 Å². The highest BCUT2D eigenvalue weighted by Gasteiger charge is 2.37. The Kier molecular flexibility index (Phi) is 6.06. The van der Waals surface area contributed by atoms with Crippen LogP contribution in [0.15, 0.2) is 43.0 Å². The minimum atomic E-state index is -4.63. The van der Waals surface area contributed by atoms with Crippen LogP contribution in [0.4, 0.5) is 19.1 Å². The lowest BCUT2D eigenvalue weighted by Crippen LogP contribution is -2.31. The molecule has 188 valence electrons. The van der Waals surface area contributed by atoms with Gasteiger partial charge in [0.1, 0.15) is 5.69 Å². The molecule has 0 aromatic carbocycles. The topological polar surface area (TPSA) is 131 Å². The van der Waals surface area contributed by atoms with Crippen LogP contribution in [-0.4, -0.2) is 55.9 Å². The van der Waals surface area contributed by atoms with Gasteiger partial charge in [-0.2, -0.15) is 13.2 Å². The average molecular weight is 520 g/mol. The number of carbonyl (C=O) groups is 1. The molecule has 4 heterocycles. The Hall–Kier alpha value is -3.68. The largest absolute Gasteiger partial charge is 0.434 e. The fraction of sp³-hybridized carbons (Fsp3) is 0.364. The maximum absolute atomic E-state index is 13.2. The van der Waals surface area contributed by atoms with Crippen LogP contribution in [0.5, 0.6) is 0 Å². The minimum absolute atomic E-state index is 0.0162. The molecule has 1 aliphatic carbocycles. The Morgan fingerprint density at radius 3 is 2.53 bits per heavy atom. The van der Waals surface area contributed by atoms with Gasteiger partial charge < -0.3 is 4.90 Å². The molecule has 1 saturated heterocycles. The Morgan fingerprint density at radius 2 is 1.83 bits per heavy atom. The standard InChI is InChI=1S/C22H20F3N7O3S/c23-22(24,25)19-12-26-11-17(29-19)13-3-6-16(28-10-13)20(33)32-9-1-2-18(32)15-7-8-27-21(30-15)31-36(34,35)14-4-5-14/h3,6-8,10-12,14,18H,1-2,4-5,9H2,(H,27,30,31). The Labute approximate surface area is 204 Å². The van der Waals surface area contributed by atoms with Crippen molar-refractivity contribution in [3.63, 3.8) is 0 Å². The van der Waals surface area contributed by atoms with Gasteiger partial charge in [0.2, 0.25) is 16.0 Å². The number of likely N-dealkylation sites (tertiary alicyclic amines) is 1. The normalized spacial score (nSPS) is 18.3. The van der Waals surface area contributed by atoms with Gasteiger partial charge in [0.15, 0.2) is 5.69 Å². The number of anilines is 1. The molecule has 10 nitrogen and oxygen atoms in total. The predicted octanol–water partition coefficient (Wildman–Crippen LogP) is 3.23. The van der Waals surface area contributed by atoms with E-state index >= 15 is 0 Å². The fourth-order valence-electron chi connectivity index (χ4n) is 3.97. The SMILES string of the molecule is O=C(c1ccc(-c2cncc(C(F)(F)F)n2)cn1)N1CCCC1c1ccnc(NS(=O)(=O)C2CC2)n1. The summed E-state index contributed by atoms with van der Waals surface area (Å²) >= 11 is 0. The van der Waals surface area contributed by atoms with E-state index < -0.39 is 33.2 Å². The number of halogens is 3. The van der Waals surface area contributed by atoms with Crippen molar-refractivity contribution < 1.29 is 26.4 Å². The van der Waals surface area contributed by atoms with Gasteiger partial charge in [0.05, 0.1) is 35.1 Å². The van der Waals surface area contributed by atoms with E-state index in [2.05, 4.69) is 29.6 Å². The lowest BCUT2D eigenvalue weighted by Gasteiger charge is -2.24. The average Bonchev–Trinajstić information content (AvgIpc) is 3.61.